The molecule has 1 saturated carbocycles. The molecular formula is C20H38O. The standard InChI is InChI=1S/C20H38O/c1-18(2,3)14-10-7-8-11-15-20(21-19(4,5)6)16-12-9-13-17-20/h10,14H,7-9,11-13,15-17H2,1-6H3/b14-10+. The molecule has 1 rings (SSSR count). The zero-order valence-electron chi connectivity index (χ0n) is 15.4. The molecule has 21 heavy (non-hydrogen) atoms. The van der Waals surface area contributed by atoms with Crippen molar-refractivity contribution in [3.63, 3.8) is 0 Å². The summed E-state index contributed by atoms with van der Waals surface area (Å²) < 4.78 is 6.51. The Labute approximate surface area is 133 Å². The smallest absolute Gasteiger partial charge is 0.0689 e. The molecule has 0 amide bonds. The lowest BCUT2D eigenvalue weighted by atomic mass is 9.80. The number of hydrogen-bond acceptors (Lipinski definition) is 1. The molecule has 0 radical (unpaired) electrons. The van der Waals surface area contributed by atoms with E-state index in [1.807, 2.05) is 0 Å². The predicted octanol–water partition coefficient (Wildman–Crippen LogP) is 6.67. The predicted molar refractivity (Wildman–Crippen MR) is 93.7 cm³/mol. The highest BCUT2D eigenvalue weighted by Crippen LogP contribution is 2.39. The minimum absolute atomic E-state index is 0.0104. The van der Waals surface area contributed by atoms with Crippen molar-refractivity contribution in [1.29, 1.82) is 0 Å². The van der Waals surface area contributed by atoms with Gasteiger partial charge in [0, 0.05) is 0 Å². The molecule has 0 aromatic rings. The first kappa shape index (κ1) is 18.7. The normalized spacial score (nSPS) is 20.1. The molecule has 0 aliphatic heterocycles. The zero-order chi connectivity index (χ0) is 16.0. The maximum atomic E-state index is 6.51. The summed E-state index contributed by atoms with van der Waals surface area (Å²) in [6.07, 6.45) is 16.4. The molecule has 0 saturated heterocycles. The highest BCUT2D eigenvalue weighted by Gasteiger charge is 2.35. The lowest BCUT2D eigenvalue weighted by Crippen LogP contribution is -2.41. The van der Waals surface area contributed by atoms with Crippen LogP contribution in [0, 0.1) is 5.41 Å². The average molecular weight is 295 g/mol. The number of rotatable bonds is 6. The maximum Gasteiger partial charge on any atom is 0.0689 e. The molecule has 0 atom stereocenters. The van der Waals surface area contributed by atoms with Gasteiger partial charge >= 0.3 is 0 Å². The fourth-order valence-corrected chi connectivity index (χ4v) is 3.39. The molecule has 1 heteroatoms. The third-order valence-electron chi connectivity index (χ3n) is 4.16. The number of hydrogen-bond donors (Lipinski definition) is 0. The second kappa shape index (κ2) is 7.81. The Bertz CT molecular complexity index is 308. The summed E-state index contributed by atoms with van der Waals surface area (Å²) >= 11 is 0. The van der Waals surface area contributed by atoms with E-state index in [1.54, 1.807) is 0 Å². The van der Waals surface area contributed by atoms with E-state index in [4.69, 9.17) is 4.74 Å². The van der Waals surface area contributed by atoms with Gasteiger partial charge in [-0.05, 0) is 58.3 Å². The van der Waals surface area contributed by atoms with E-state index >= 15 is 0 Å². The Kier molecular flexibility index (Phi) is 6.97. The number of ether oxygens (including phenoxy) is 1. The van der Waals surface area contributed by atoms with Crippen molar-refractivity contribution < 1.29 is 4.74 Å². The molecular weight excluding hydrogens is 256 g/mol. The molecule has 1 nitrogen and oxygen atoms in total. The average Bonchev–Trinajstić information content (AvgIpc) is 2.31. The summed E-state index contributed by atoms with van der Waals surface area (Å²) in [4.78, 5) is 0. The molecule has 0 N–H and O–H groups in total. The summed E-state index contributed by atoms with van der Waals surface area (Å²) in [5.74, 6) is 0. The van der Waals surface area contributed by atoms with E-state index in [2.05, 4.69) is 53.7 Å². The van der Waals surface area contributed by atoms with Gasteiger partial charge in [0.25, 0.3) is 0 Å². The van der Waals surface area contributed by atoms with Gasteiger partial charge in [0.15, 0.2) is 0 Å². The molecule has 124 valence electrons. The van der Waals surface area contributed by atoms with Crippen molar-refractivity contribution in [2.24, 2.45) is 5.41 Å². The Balaban J connectivity index is 2.39. The van der Waals surface area contributed by atoms with Gasteiger partial charge < -0.3 is 4.74 Å². The molecule has 0 heterocycles. The quantitative estimate of drug-likeness (QED) is 0.393. The lowest BCUT2D eigenvalue weighted by molar-refractivity contribution is -0.153. The van der Waals surface area contributed by atoms with Crippen molar-refractivity contribution in [2.75, 3.05) is 0 Å². The van der Waals surface area contributed by atoms with Crippen molar-refractivity contribution in [1.82, 2.24) is 0 Å². The highest BCUT2D eigenvalue weighted by atomic mass is 16.5. The Hall–Kier alpha value is -0.300. The topological polar surface area (TPSA) is 9.23 Å². The highest BCUT2D eigenvalue weighted by molar-refractivity contribution is 4.92. The Morgan fingerprint density at radius 1 is 0.905 bits per heavy atom. The summed E-state index contributed by atoms with van der Waals surface area (Å²) in [6, 6.07) is 0. The van der Waals surface area contributed by atoms with E-state index < -0.39 is 0 Å². The molecule has 1 aliphatic rings. The third-order valence-corrected chi connectivity index (χ3v) is 4.16. The van der Waals surface area contributed by atoms with E-state index in [0.29, 0.717) is 5.41 Å². The van der Waals surface area contributed by atoms with Crippen LogP contribution < -0.4 is 0 Å². The molecule has 0 aromatic heterocycles. The first-order valence-electron chi connectivity index (χ1n) is 9.00. The van der Waals surface area contributed by atoms with Crippen molar-refractivity contribution >= 4 is 0 Å². The van der Waals surface area contributed by atoms with Gasteiger partial charge in [0.05, 0.1) is 11.2 Å². The monoisotopic (exact) mass is 294 g/mol. The summed E-state index contributed by atoms with van der Waals surface area (Å²) in [5.41, 5.74) is 0.480. The lowest BCUT2D eigenvalue weighted by Gasteiger charge is -2.42. The van der Waals surface area contributed by atoms with Crippen molar-refractivity contribution in [3.05, 3.63) is 12.2 Å². The van der Waals surface area contributed by atoms with Crippen LogP contribution in [0.1, 0.15) is 99.3 Å². The van der Waals surface area contributed by atoms with E-state index in [9.17, 15) is 0 Å². The van der Waals surface area contributed by atoms with Crippen molar-refractivity contribution in [3.8, 4) is 0 Å². The van der Waals surface area contributed by atoms with Crippen LogP contribution in [0.25, 0.3) is 0 Å². The molecule has 0 spiro atoms. The zero-order valence-corrected chi connectivity index (χ0v) is 15.4. The van der Waals surface area contributed by atoms with Gasteiger partial charge in [-0.1, -0.05) is 58.6 Å². The first-order valence-corrected chi connectivity index (χ1v) is 9.00. The minimum atomic E-state index is -0.0104. The molecule has 0 bridgehead atoms. The molecule has 0 unspecified atom stereocenters. The van der Waals surface area contributed by atoms with Gasteiger partial charge in [-0.15, -0.1) is 0 Å². The van der Waals surface area contributed by atoms with Crippen LogP contribution in [0.15, 0.2) is 12.2 Å². The Morgan fingerprint density at radius 3 is 2.05 bits per heavy atom. The van der Waals surface area contributed by atoms with Crippen LogP contribution in [0.3, 0.4) is 0 Å². The molecule has 1 fully saturated rings. The molecule has 0 aromatic carbocycles. The summed E-state index contributed by atoms with van der Waals surface area (Å²) in [5, 5.41) is 0. The number of allylic oxidation sites excluding steroid dienone is 2. The first-order chi connectivity index (χ1) is 9.62. The van der Waals surface area contributed by atoms with Crippen LogP contribution in [-0.2, 0) is 4.74 Å². The van der Waals surface area contributed by atoms with Crippen LogP contribution in [0.2, 0.25) is 0 Å². The largest absolute Gasteiger partial charge is 0.369 e. The van der Waals surface area contributed by atoms with Crippen molar-refractivity contribution in [2.45, 2.75) is 111 Å². The van der Waals surface area contributed by atoms with E-state index in [0.717, 1.165) is 0 Å². The van der Waals surface area contributed by atoms with E-state index in [1.165, 1.54) is 57.8 Å². The third kappa shape index (κ3) is 8.66. The Morgan fingerprint density at radius 2 is 1.52 bits per heavy atom. The minimum Gasteiger partial charge on any atom is -0.369 e. The molecule has 1 aliphatic carbocycles. The second-order valence-electron chi connectivity index (χ2n) is 8.97. The van der Waals surface area contributed by atoms with Gasteiger partial charge in [-0.3, -0.25) is 0 Å². The van der Waals surface area contributed by atoms with Crippen LogP contribution in [0.5, 0.6) is 0 Å². The fraction of sp³-hybridized carbons (Fsp3) is 0.900. The van der Waals surface area contributed by atoms with E-state index in [-0.39, 0.29) is 11.2 Å². The van der Waals surface area contributed by atoms with Gasteiger partial charge in [-0.25, -0.2) is 0 Å². The van der Waals surface area contributed by atoms with Gasteiger partial charge in [-0.2, -0.15) is 0 Å². The SMILES string of the molecule is CC(C)(C)/C=C/CCCCC1(OC(C)(C)C)CCCCC1. The van der Waals surface area contributed by atoms with Gasteiger partial charge in [0.2, 0.25) is 0 Å². The second-order valence-corrected chi connectivity index (χ2v) is 8.97. The maximum absolute atomic E-state index is 6.51. The fourth-order valence-electron chi connectivity index (χ4n) is 3.39. The summed E-state index contributed by atoms with van der Waals surface area (Å²) in [6.45, 7) is 13.4. The van der Waals surface area contributed by atoms with Crippen LogP contribution in [-0.4, -0.2) is 11.2 Å². The van der Waals surface area contributed by atoms with Crippen LogP contribution >= 0.6 is 0 Å². The summed E-state index contributed by atoms with van der Waals surface area (Å²) in [7, 11) is 0. The van der Waals surface area contributed by atoms with Gasteiger partial charge in [0.1, 0.15) is 0 Å². The number of unbranched alkanes of at least 4 members (excludes halogenated alkanes) is 2. The van der Waals surface area contributed by atoms with Crippen LogP contribution in [0.4, 0.5) is 0 Å².